The predicted molar refractivity (Wildman–Crippen MR) is 87.6 cm³/mol. The van der Waals surface area contributed by atoms with Gasteiger partial charge in [0.05, 0.1) is 12.0 Å². The summed E-state index contributed by atoms with van der Waals surface area (Å²) >= 11 is 0. The number of nitrogens with one attached hydrogen (secondary N) is 1. The zero-order valence-corrected chi connectivity index (χ0v) is 14.1. The molecule has 4 nitrogen and oxygen atoms in total. The van der Waals surface area contributed by atoms with E-state index in [1.807, 2.05) is 45.0 Å². The minimum atomic E-state index is -3.57. The van der Waals surface area contributed by atoms with Gasteiger partial charge < -0.3 is 4.74 Å². The van der Waals surface area contributed by atoms with E-state index in [4.69, 9.17) is 4.74 Å². The Kier molecular flexibility index (Phi) is 4.88. The van der Waals surface area contributed by atoms with E-state index in [0.29, 0.717) is 5.75 Å². The molecular weight excluding hydrogens is 298 g/mol. The Morgan fingerprint density at radius 1 is 1.05 bits per heavy atom. The van der Waals surface area contributed by atoms with E-state index >= 15 is 0 Å². The zero-order valence-electron chi connectivity index (χ0n) is 13.3. The van der Waals surface area contributed by atoms with Crippen LogP contribution in [-0.2, 0) is 10.0 Å². The van der Waals surface area contributed by atoms with Gasteiger partial charge in [-0.1, -0.05) is 29.8 Å². The quantitative estimate of drug-likeness (QED) is 0.919. The van der Waals surface area contributed by atoms with Crippen LogP contribution in [0.25, 0.3) is 0 Å². The highest BCUT2D eigenvalue weighted by Gasteiger charge is 2.19. The summed E-state index contributed by atoms with van der Waals surface area (Å²) < 4.78 is 32.8. The number of aryl methyl sites for hydroxylation is 2. The third kappa shape index (κ3) is 3.67. The summed E-state index contributed by atoms with van der Waals surface area (Å²) in [5.41, 5.74) is 2.86. The zero-order chi connectivity index (χ0) is 16.3. The molecule has 0 radical (unpaired) electrons. The second-order valence-corrected chi connectivity index (χ2v) is 7.10. The average Bonchev–Trinajstić information content (AvgIpc) is 2.47. The fourth-order valence-corrected chi connectivity index (χ4v) is 3.56. The molecule has 0 aliphatic carbocycles. The molecule has 22 heavy (non-hydrogen) atoms. The Morgan fingerprint density at radius 2 is 1.68 bits per heavy atom. The van der Waals surface area contributed by atoms with Crippen LogP contribution in [0.5, 0.6) is 5.75 Å². The Bertz CT molecular complexity index is 752. The van der Waals surface area contributed by atoms with Crippen LogP contribution in [0.4, 0.5) is 0 Å². The van der Waals surface area contributed by atoms with E-state index < -0.39 is 10.0 Å². The second kappa shape index (κ2) is 6.50. The molecular formula is C17H21NO3S. The standard InChI is InChI=1S/C17H21NO3S/c1-12-5-7-15(8-6-12)14(3)18-22(19,20)16-9-10-17(21-4)13(2)11-16/h5-11,14,18H,1-4H3/t14-/m0/s1. The van der Waals surface area contributed by atoms with E-state index in [-0.39, 0.29) is 10.9 Å². The van der Waals surface area contributed by atoms with Crippen LogP contribution >= 0.6 is 0 Å². The van der Waals surface area contributed by atoms with Gasteiger partial charge in [0.25, 0.3) is 0 Å². The molecule has 0 amide bonds. The molecule has 0 fully saturated rings. The van der Waals surface area contributed by atoms with E-state index in [1.54, 1.807) is 25.3 Å². The van der Waals surface area contributed by atoms with Crippen molar-refractivity contribution in [3.63, 3.8) is 0 Å². The Labute approximate surface area is 132 Å². The Morgan fingerprint density at radius 3 is 2.23 bits per heavy atom. The van der Waals surface area contributed by atoms with Crippen LogP contribution in [0.3, 0.4) is 0 Å². The van der Waals surface area contributed by atoms with Gasteiger partial charge in [-0.25, -0.2) is 13.1 Å². The number of rotatable bonds is 5. The molecule has 1 atom stereocenters. The molecule has 0 aromatic heterocycles. The van der Waals surface area contributed by atoms with Gasteiger partial charge in [0.2, 0.25) is 10.0 Å². The highest BCUT2D eigenvalue weighted by Crippen LogP contribution is 2.23. The highest BCUT2D eigenvalue weighted by atomic mass is 32.2. The molecule has 0 bridgehead atoms. The summed E-state index contributed by atoms with van der Waals surface area (Å²) in [6, 6.07) is 12.3. The van der Waals surface area contributed by atoms with Crippen molar-refractivity contribution in [2.75, 3.05) is 7.11 Å². The highest BCUT2D eigenvalue weighted by molar-refractivity contribution is 7.89. The molecule has 0 aliphatic heterocycles. The molecule has 2 aromatic carbocycles. The van der Waals surface area contributed by atoms with E-state index in [1.165, 1.54) is 0 Å². The number of hydrogen-bond acceptors (Lipinski definition) is 3. The lowest BCUT2D eigenvalue weighted by molar-refractivity contribution is 0.411. The first-order valence-corrected chi connectivity index (χ1v) is 8.55. The van der Waals surface area contributed by atoms with Crippen molar-refractivity contribution >= 4 is 10.0 Å². The summed E-state index contributed by atoms with van der Waals surface area (Å²) in [6.07, 6.45) is 0. The first kappa shape index (κ1) is 16.5. The van der Waals surface area contributed by atoms with Crippen molar-refractivity contribution in [3.8, 4) is 5.75 Å². The lowest BCUT2D eigenvalue weighted by atomic mass is 10.1. The van der Waals surface area contributed by atoms with E-state index in [9.17, 15) is 8.42 Å². The largest absolute Gasteiger partial charge is 0.496 e. The second-order valence-electron chi connectivity index (χ2n) is 5.39. The monoisotopic (exact) mass is 319 g/mol. The van der Waals surface area contributed by atoms with Gasteiger partial charge in [0.15, 0.2) is 0 Å². The SMILES string of the molecule is COc1ccc(S(=O)(=O)N[C@@H](C)c2ccc(C)cc2)cc1C. The smallest absolute Gasteiger partial charge is 0.241 e. The maximum absolute atomic E-state index is 12.5. The minimum absolute atomic E-state index is 0.241. The van der Waals surface area contributed by atoms with E-state index in [0.717, 1.165) is 16.7 Å². The summed E-state index contributed by atoms with van der Waals surface area (Å²) in [6.45, 7) is 5.65. The number of benzene rings is 2. The van der Waals surface area contributed by atoms with Gasteiger partial charge in [-0.3, -0.25) is 0 Å². The summed E-state index contributed by atoms with van der Waals surface area (Å²) in [7, 11) is -2.01. The minimum Gasteiger partial charge on any atom is -0.496 e. The van der Waals surface area contributed by atoms with Gasteiger partial charge in [-0.2, -0.15) is 0 Å². The first-order valence-electron chi connectivity index (χ1n) is 7.07. The Balaban J connectivity index is 2.23. The molecule has 0 aliphatic rings. The van der Waals surface area contributed by atoms with E-state index in [2.05, 4.69) is 4.72 Å². The molecule has 0 spiro atoms. The molecule has 118 valence electrons. The van der Waals surface area contributed by atoms with Crippen LogP contribution < -0.4 is 9.46 Å². The Hall–Kier alpha value is -1.85. The van der Waals surface area contributed by atoms with Gasteiger partial charge in [-0.05, 0) is 50.1 Å². The van der Waals surface area contributed by atoms with Crippen LogP contribution in [-0.4, -0.2) is 15.5 Å². The first-order chi connectivity index (χ1) is 10.3. The van der Waals surface area contributed by atoms with Crippen molar-refractivity contribution in [1.82, 2.24) is 4.72 Å². The maximum Gasteiger partial charge on any atom is 0.241 e. The predicted octanol–water partition coefficient (Wildman–Crippen LogP) is 3.35. The van der Waals surface area contributed by atoms with Gasteiger partial charge in [-0.15, -0.1) is 0 Å². The number of sulfonamides is 1. The van der Waals surface area contributed by atoms with Crippen molar-refractivity contribution in [2.45, 2.75) is 31.7 Å². The molecule has 0 saturated heterocycles. The van der Waals surface area contributed by atoms with Crippen molar-refractivity contribution in [3.05, 3.63) is 59.2 Å². The molecule has 5 heteroatoms. The average molecular weight is 319 g/mol. The van der Waals surface area contributed by atoms with Gasteiger partial charge in [0.1, 0.15) is 5.75 Å². The number of methoxy groups -OCH3 is 1. The van der Waals surface area contributed by atoms with Crippen LogP contribution in [0.1, 0.15) is 29.7 Å². The fourth-order valence-electron chi connectivity index (χ4n) is 2.24. The summed E-state index contributed by atoms with van der Waals surface area (Å²) in [5, 5.41) is 0. The topological polar surface area (TPSA) is 55.4 Å². The lowest BCUT2D eigenvalue weighted by Crippen LogP contribution is -2.27. The van der Waals surface area contributed by atoms with Gasteiger partial charge in [0, 0.05) is 6.04 Å². The molecule has 0 saturated carbocycles. The molecule has 0 unspecified atom stereocenters. The normalized spacial score (nSPS) is 12.9. The number of hydrogen-bond donors (Lipinski definition) is 1. The molecule has 2 aromatic rings. The fraction of sp³-hybridized carbons (Fsp3) is 0.294. The summed E-state index contributed by atoms with van der Waals surface area (Å²) in [5.74, 6) is 0.672. The summed E-state index contributed by atoms with van der Waals surface area (Å²) in [4.78, 5) is 0.241. The van der Waals surface area contributed by atoms with Crippen molar-refractivity contribution in [2.24, 2.45) is 0 Å². The molecule has 1 N–H and O–H groups in total. The maximum atomic E-state index is 12.5. The van der Waals surface area contributed by atoms with Crippen LogP contribution in [0, 0.1) is 13.8 Å². The lowest BCUT2D eigenvalue weighted by Gasteiger charge is -2.15. The van der Waals surface area contributed by atoms with Crippen molar-refractivity contribution in [1.29, 1.82) is 0 Å². The third-order valence-electron chi connectivity index (χ3n) is 3.59. The van der Waals surface area contributed by atoms with Crippen LogP contribution in [0.2, 0.25) is 0 Å². The van der Waals surface area contributed by atoms with Gasteiger partial charge >= 0.3 is 0 Å². The number of ether oxygens (including phenoxy) is 1. The molecule has 2 rings (SSSR count). The van der Waals surface area contributed by atoms with Crippen molar-refractivity contribution < 1.29 is 13.2 Å². The molecule has 0 heterocycles. The third-order valence-corrected chi connectivity index (χ3v) is 5.12. The van der Waals surface area contributed by atoms with Crippen LogP contribution in [0.15, 0.2) is 47.4 Å².